The minimum absolute atomic E-state index is 0. The summed E-state index contributed by atoms with van der Waals surface area (Å²) in [4.78, 5) is 16.2. The molecule has 2 heterocycles. The van der Waals surface area contributed by atoms with Gasteiger partial charge in [-0.15, -0.1) is 12.4 Å². The Balaban J connectivity index is 0.00000176. The number of aryl methyl sites for hydroxylation is 2. The lowest BCUT2D eigenvalue weighted by molar-refractivity contribution is -0.115. The first-order chi connectivity index (χ1) is 10.3. The first-order valence-electron chi connectivity index (χ1n) is 7.37. The lowest BCUT2D eigenvalue weighted by atomic mass is 10.1. The van der Waals surface area contributed by atoms with E-state index in [2.05, 4.69) is 21.4 Å². The van der Waals surface area contributed by atoms with Gasteiger partial charge < -0.3 is 15.2 Å². The number of amides is 1. The molecule has 1 aliphatic rings. The van der Waals surface area contributed by atoms with E-state index in [1.807, 2.05) is 24.3 Å². The van der Waals surface area contributed by atoms with E-state index >= 15 is 0 Å². The molecule has 3 rings (SSSR count). The number of halogens is 1. The van der Waals surface area contributed by atoms with E-state index in [1.165, 1.54) is 18.7 Å². The smallest absolute Gasteiger partial charge is 0.238 e. The number of aromatic nitrogens is 2. The maximum atomic E-state index is 11.5. The van der Waals surface area contributed by atoms with Crippen LogP contribution in [0.2, 0.25) is 0 Å². The number of hydrogen-bond donors (Lipinski definition) is 2. The Morgan fingerprint density at radius 1 is 1.27 bits per heavy atom. The second kappa shape index (κ2) is 7.42. The minimum atomic E-state index is -0.0392. The summed E-state index contributed by atoms with van der Waals surface area (Å²) in [6, 6.07) is 7.84. The summed E-state index contributed by atoms with van der Waals surface area (Å²) in [5.41, 5.74) is 2.91. The van der Waals surface area contributed by atoms with Crippen LogP contribution in [0.15, 0.2) is 30.5 Å². The Morgan fingerprint density at radius 3 is 2.73 bits per heavy atom. The van der Waals surface area contributed by atoms with Gasteiger partial charge in [0, 0.05) is 30.4 Å². The number of anilines is 1. The molecule has 0 bridgehead atoms. The maximum Gasteiger partial charge on any atom is 0.238 e. The second-order valence-corrected chi connectivity index (χ2v) is 5.35. The van der Waals surface area contributed by atoms with Crippen molar-refractivity contribution in [2.75, 3.05) is 18.9 Å². The summed E-state index contributed by atoms with van der Waals surface area (Å²) in [5.74, 6) is 1.14. The third-order valence-electron chi connectivity index (χ3n) is 3.71. The largest absolute Gasteiger partial charge is 0.334 e. The van der Waals surface area contributed by atoms with Gasteiger partial charge in [0.2, 0.25) is 5.91 Å². The SMILES string of the molecule is CNCC(=O)Nc1ccc(-c2cn3c(n2)CCCC3)cc1.Cl. The average Bonchev–Trinajstić information content (AvgIpc) is 2.92. The Bertz CT molecular complexity index is 613. The van der Waals surface area contributed by atoms with Gasteiger partial charge in [0.1, 0.15) is 5.82 Å². The van der Waals surface area contributed by atoms with Gasteiger partial charge in [0.25, 0.3) is 0 Å². The van der Waals surface area contributed by atoms with Crippen LogP contribution in [0.3, 0.4) is 0 Å². The Kier molecular flexibility index (Phi) is 5.57. The highest BCUT2D eigenvalue weighted by Gasteiger charge is 2.13. The summed E-state index contributed by atoms with van der Waals surface area (Å²) >= 11 is 0. The fourth-order valence-corrected chi connectivity index (χ4v) is 2.64. The molecule has 2 aromatic rings. The first kappa shape index (κ1) is 16.5. The van der Waals surface area contributed by atoms with E-state index < -0.39 is 0 Å². The van der Waals surface area contributed by atoms with Gasteiger partial charge in [-0.2, -0.15) is 0 Å². The topological polar surface area (TPSA) is 59.0 Å². The van der Waals surface area contributed by atoms with Gasteiger partial charge >= 0.3 is 0 Å². The number of rotatable bonds is 4. The number of carbonyl (C=O) groups is 1. The zero-order valence-electron chi connectivity index (χ0n) is 12.6. The maximum absolute atomic E-state index is 11.5. The highest BCUT2D eigenvalue weighted by molar-refractivity contribution is 5.92. The van der Waals surface area contributed by atoms with E-state index in [-0.39, 0.29) is 18.3 Å². The van der Waals surface area contributed by atoms with Gasteiger partial charge in [-0.1, -0.05) is 12.1 Å². The van der Waals surface area contributed by atoms with Crippen LogP contribution in [0.1, 0.15) is 18.7 Å². The van der Waals surface area contributed by atoms with E-state index in [9.17, 15) is 4.79 Å². The molecule has 6 heteroatoms. The molecule has 0 saturated carbocycles. The molecule has 118 valence electrons. The van der Waals surface area contributed by atoms with E-state index in [0.29, 0.717) is 6.54 Å². The zero-order valence-corrected chi connectivity index (χ0v) is 13.4. The van der Waals surface area contributed by atoms with E-state index in [0.717, 1.165) is 29.9 Å². The molecule has 0 unspecified atom stereocenters. The van der Waals surface area contributed by atoms with Crippen molar-refractivity contribution >= 4 is 24.0 Å². The van der Waals surface area contributed by atoms with Crippen LogP contribution in [-0.2, 0) is 17.8 Å². The monoisotopic (exact) mass is 320 g/mol. The molecular formula is C16H21ClN4O. The Hall–Kier alpha value is -1.85. The molecule has 22 heavy (non-hydrogen) atoms. The van der Waals surface area contributed by atoms with E-state index in [1.54, 1.807) is 7.05 Å². The molecule has 1 aromatic heterocycles. The predicted molar refractivity (Wildman–Crippen MR) is 90.4 cm³/mol. The van der Waals surface area contributed by atoms with Gasteiger partial charge in [0.05, 0.1) is 12.2 Å². The van der Waals surface area contributed by atoms with E-state index in [4.69, 9.17) is 4.98 Å². The predicted octanol–water partition coefficient (Wildman–Crippen LogP) is 2.47. The van der Waals surface area contributed by atoms with Crippen LogP contribution in [-0.4, -0.2) is 29.1 Å². The molecule has 1 amide bonds. The first-order valence-corrected chi connectivity index (χ1v) is 7.37. The van der Waals surface area contributed by atoms with Crippen molar-refractivity contribution in [2.24, 2.45) is 0 Å². The Labute approximate surface area is 136 Å². The molecule has 1 aromatic carbocycles. The van der Waals surface area contributed by atoms with Crippen LogP contribution in [0.25, 0.3) is 11.3 Å². The number of benzene rings is 1. The third kappa shape index (κ3) is 3.67. The third-order valence-corrected chi connectivity index (χ3v) is 3.71. The molecule has 2 N–H and O–H groups in total. The van der Waals surface area contributed by atoms with Crippen LogP contribution >= 0.6 is 12.4 Å². The zero-order chi connectivity index (χ0) is 14.7. The van der Waals surface area contributed by atoms with Gasteiger partial charge in [0.15, 0.2) is 0 Å². The summed E-state index contributed by atoms with van der Waals surface area (Å²) in [5, 5.41) is 5.67. The highest BCUT2D eigenvalue weighted by Crippen LogP contribution is 2.23. The number of imidazole rings is 1. The number of likely N-dealkylation sites (N-methyl/N-ethyl adjacent to an activating group) is 1. The standard InChI is InChI=1S/C16H20N4O.ClH/c1-17-10-16(21)18-13-7-5-12(6-8-13)14-11-20-9-3-2-4-15(20)19-14;/h5-8,11,17H,2-4,9-10H2,1H3,(H,18,21);1H. The van der Waals surface area contributed by atoms with Gasteiger partial charge in [-0.3, -0.25) is 4.79 Å². The average molecular weight is 321 g/mol. The molecule has 0 radical (unpaired) electrons. The van der Waals surface area contributed by atoms with Crippen LogP contribution in [0.5, 0.6) is 0 Å². The van der Waals surface area contributed by atoms with Crippen molar-refractivity contribution < 1.29 is 4.79 Å². The van der Waals surface area contributed by atoms with Crippen molar-refractivity contribution in [1.82, 2.24) is 14.9 Å². The fraction of sp³-hybridized carbons (Fsp3) is 0.375. The fourth-order valence-electron chi connectivity index (χ4n) is 2.64. The van der Waals surface area contributed by atoms with Crippen molar-refractivity contribution in [3.8, 4) is 11.3 Å². The molecule has 0 atom stereocenters. The van der Waals surface area contributed by atoms with Crippen molar-refractivity contribution in [3.63, 3.8) is 0 Å². The summed E-state index contributed by atoms with van der Waals surface area (Å²) in [6.45, 7) is 1.38. The number of nitrogens with zero attached hydrogens (tertiary/aromatic N) is 2. The van der Waals surface area contributed by atoms with Crippen LogP contribution < -0.4 is 10.6 Å². The summed E-state index contributed by atoms with van der Waals surface area (Å²) in [6.07, 6.45) is 5.66. The molecule has 5 nitrogen and oxygen atoms in total. The minimum Gasteiger partial charge on any atom is -0.334 e. The summed E-state index contributed by atoms with van der Waals surface area (Å²) in [7, 11) is 1.75. The normalized spacial score (nSPS) is 13.1. The molecule has 1 aliphatic heterocycles. The quantitative estimate of drug-likeness (QED) is 0.910. The number of carbonyl (C=O) groups excluding carboxylic acids is 1. The number of nitrogens with one attached hydrogen (secondary N) is 2. The highest BCUT2D eigenvalue weighted by atomic mass is 35.5. The molecule has 0 aliphatic carbocycles. The number of fused-ring (bicyclic) bond motifs is 1. The van der Waals surface area contributed by atoms with Crippen molar-refractivity contribution in [1.29, 1.82) is 0 Å². The molecule has 0 saturated heterocycles. The van der Waals surface area contributed by atoms with Crippen LogP contribution in [0, 0.1) is 0 Å². The lowest BCUT2D eigenvalue weighted by Crippen LogP contribution is -2.24. The molecule has 0 fully saturated rings. The van der Waals surface area contributed by atoms with Crippen LogP contribution in [0.4, 0.5) is 5.69 Å². The molecule has 0 spiro atoms. The van der Waals surface area contributed by atoms with Crippen molar-refractivity contribution in [2.45, 2.75) is 25.8 Å². The van der Waals surface area contributed by atoms with Gasteiger partial charge in [-0.25, -0.2) is 4.98 Å². The van der Waals surface area contributed by atoms with Crippen molar-refractivity contribution in [3.05, 3.63) is 36.3 Å². The summed E-state index contributed by atoms with van der Waals surface area (Å²) < 4.78 is 2.25. The number of hydrogen-bond acceptors (Lipinski definition) is 3. The van der Waals surface area contributed by atoms with Gasteiger partial charge in [-0.05, 0) is 32.0 Å². The Morgan fingerprint density at radius 2 is 2.05 bits per heavy atom. The second-order valence-electron chi connectivity index (χ2n) is 5.35. The molecular weight excluding hydrogens is 300 g/mol. The lowest BCUT2D eigenvalue weighted by Gasteiger charge is -2.11.